The van der Waals surface area contributed by atoms with E-state index in [1.807, 2.05) is 30.9 Å². The second-order valence-corrected chi connectivity index (χ2v) is 9.77. The first-order valence-electron chi connectivity index (χ1n) is 11.6. The fourth-order valence-corrected chi connectivity index (χ4v) is 5.39. The van der Waals surface area contributed by atoms with Crippen molar-refractivity contribution in [3.8, 4) is 0 Å². The van der Waals surface area contributed by atoms with Crippen molar-refractivity contribution in [2.75, 3.05) is 33.2 Å². The standard InChI is InChI=1S/C25H32FN5O2/c1-17(2)22(29-23(32)21-14-27-10-11-28-21)24(33)31-12-8-25(9-13-31)16-30(3)15-20(25)18-4-6-19(26)7-5-18/h4-7,10-11,14,17,20,22H,8-9,12-13,15-16H2,1-3H3,(H,29,32)/t20?,22-/m1/s1. The number of nitrogens with zero attached hydrogens (tertiary/aromatic N) is 4. The Balaban J connectivity index is 1.44. The Morgan fingerprint density at radius 3 is 2.45 bits per heavy atom. The predicted octanol–water partition coefficient (Wildman–Crippen LogP) is 2.71. The molecule has 2 atom stereocenters. The number of aromatic nitrogens is 2. The van der Waals surface area contributed by atoms with Gasteiger partial charge in [-0.15, -0.1) is 0 Å². The van der Waals surface area contributed by atoms with Gasteiger partial charge in [0.2, 0.25) is 5.91 Å². The molecular formula is C25H32FN5O2. The van der Waals surface area contributed by atoms with Gasteiger partial charge in [-0.05, 0) is 48.9 Å². The van der Waals surface area contributed by atoms with Gasteiger partial charge in [0.15, 0.2) is 0 Å². The van der Waals surface area contributed by atoms with Gasteiger partial charge in [0.05, 0.1) is 6.20 Å². The highest BCUT2D eigenvalue weighted by Crippen LogP contribution is 2.49. The van der Waals surface area contributed by atoms with E-state index in [1.54, 1.807) is 0 Å². The number of carbonyl (C=O) groups is 2. The first kappa shape index (κ1) is 23.3. The molecule has 3 heterocycles. The molecule has 1 aromatic heterocycles. The summed E-state index contributed by atoms with van der Waals surface area (Å²) in [6, 6.07) is 6.25. The zero-order chi connectivity index (χ0) is 23.6. The maximum absolute atomic E-state index is 13.5. The normalized spacial score (nSPS) is 21.4. The van der Waals surface area contributed by atoms with Crippen molar-refractivity contribution >= 4 is 11.8 Å². The van der Waals surface area contributed by atoms with E-state index < -0.39 is 11.9 Å². The molecule has 176 valence electrons. The first-order valence-corrected chi connectivity index (χ1v) is 11.6. The number of benzene rings is 1. The molecule has 2 saturated heterocycles. The molecule has 7 nitrogen and oxygen atoms in total. The highest BCUT2D eigenvalue weighted by Gasteiger charge is 2.48. The van der Waals surface area contributed by atoms with Crippen LogP contribution in [0.3, 0.4) is 0 Å². The fourth-order valence-electron chi connectivity index (χ4n) is 5.39. The van der Waals surface area contributed by atoms with Crippen molar-refractivity contribution in [2.45, 2.75) is 38.6 Å². The second-order valence-electron chi connectivity index (χ2n) is 9.77. The number of halogens is 1. The molecule has 1 aromatic carbocycles. The monoisotopic (exact) mass is 453 g/mol. The lowest BCUT2D eigenvalue weighted by atomic mass is 9.68. The summed E-state index contributed by atoms with van der Waals surface area (Å²) in [6.45, 7) is 7.06. The maximum atomic E-state index is 13.5. The van der Waals surface area contributed by atoms with Crippen molar-refractivity contribution in [3.63, 3.8) is 0 Å². The van der Waals surface area contributed by atoms with E-state index in [0.29, 0.717) is 19.0 Å². The predicted molar refractivity (Wildman–Crippen MR) is 123 cm³/mol. The van der Waals surface area contributed by atoms with Crippen molar-refractivity contribution in [1.29, 1.82) is 0 Å². The summed E-state index contributed by atoms with van der Waals surface area (Å²) in [7, 11) is 2.12. The summed E-state index contributed by atoms with van der Waals surface area (Å²) in [5.74, 6) is -0.404. The largest absolute Gasteiger partial charge is 0.341 e. The van der Waals surface area contributed by atoms with Crippen LogP contribution < -0.4 is 5.32 Å². The van der Waals surface area contributed by atoms with Crippen LogP contribution >= 0.6 is 0 Å². The van der Waals surface area contributed by atoms with Crippen LogP contribution in [0.25, 0.3) is 0 Å². The van der Waals surface area contributed by atoms with E-state index >= 15 is 0 Å². The highest BCUT2D eigenvalue weighted by atomic mass is 19.1. The van der Waals surface area contributed by atoms with Crippen molar-refractivity contribution in [3.05, 3.63) is 59.9 Å². The van der Waals surface area contributed by atoms with E-state index in [4.69, 9.17) is 0 Å². The van der Waals surface area contributed by atoms with E-state index in [9.17, 15) is 14.0 Å². The Hall–Kier alpha value is -2.87. The molecule has 1 unspecified atom stereocenters. The van der Waals surface area contributed by atoms with Crippen LogP contribution in [-0.2, 0) is 4.79 Å². The van der Waals surface area contributed by atoms with Gasteiger partial charge >= 0.3 is 0 Å². The molecule has 0 bridgehead atoms. The molecule has 8 heteroatoms. The van der Waals surface area contributed by atoms with Crippen molar-refractivity contribution in [1.82, 2.24) is 25.1 Å². The van der Waals surface area contributed by atoms with Gasteiger partial charge in [-0.1, -0.05) is 26.0 Å². The fraction of sp³-hybridized carbons (Fsp3) is 0.520. The molecule has 0 saturated carbocycles. The SMILES string of the molecule is CC(C)[C@@H](NC(=O)c1cnccn1)C(=O)N1CCC2(CC1)CN(C)CC2c1ccc(F)cc1. The number of likely N-dealkylation sites (tertiary alicyclic amines) is 2. The minimum absolute atomic E-state index is 0.0539. The van der Waals surface area contributed by atoms with Gasteiger partial charge in [-0.3, -0.25) is 14.6 Å². The Labute approximate surface area is 194 Å². The Kier molecular flexibility index (Phi) is 6.74. The first-order chi connectivity index (χ1) is 15.8. The summed E-state index contributed by atoms with van der Waals surface area (Å²) < 4.78 is 13.5. The van der Waals surface area contributed by atoms with E-state index in [1.165, 1.54) is 30.7 Å². The number of rotatable bonds is 5. The summed E-state index contributed by atoms with van der Waals surface area (Å²) in [5, 5.41) is 2.86. The second kappa shape index (κ2) is 9.55. The van der Waals surface area contributed by atoms with Crippen LogP contribution in [0.2, 0.25) is 0 Å². The zero-order valence-electron chi connectivity index (χ0n) is 19.5. The molecule has 2 aliphatic heterocycles. The summed E-state index contributed by atoms with van der Waals surface area (Å²) in [4.78, 5) is 38.2. The van der Waals surface area contributed by atoms with Gasteiger partial charge in [-0.2, -0.15) is 0 Å². The van der Waals surface area contributed by atoms with Gasteiger partial charge < -0.3 is 15.1 Å². The minimum Gasteiger partial charge on any atom is -0.341 e. The number of hydrogen-bond acceptors (Lipinski definition) is 5. The third-order valence-electron chi connectivity index (χ3n) is 7.18. The molecule has 4 rings (SSSR count). The van der Waals surface area contributed by atoms with Crippen LogP contribution in [0.4, 0.5) is 4.39 Å². The van der Waals surface area contributed by atoms with Gasteiger partial charge in [0.25, 0.3) is 5.91 Å². The molecule has 33 heavy (non-hydrogen) atoms. The number of carbonyl (C=O) groups excluding carboxylic acids is 2. The topological polar surface area (TPSA) is 78.4 Å². The molecule has 2 aliphatic rings. The number of piperidine rings is 1. The summed E-state index contributed by atoms with van der Waals surface area (Å²) in [5.41, 5.74) is 1.43. The molecule has 1 spiro atoms. The molecule has 0 radical (unpaired) electrons. The number of nitrogens with one attached hydrogen (secondary N) is 1. The van der Waals surface area contributed by atoms with Crippen LogP contribution in [0, 0.1) is 17.2 Å². The third kappa shape index (κ3) is 4.90. The van der Waals surface area contributed by atoms with Crippen LogP contribution in [0.1, 0.15) is 48.7 Å². The highest BCUT2D eigenvalue weighted by molar-refractivity contribution is 5.96. The molecule has 2 fully saturated rings. The van der Waals surface area contributed by atoms with E-state index in [2.05, 4.69) is 27.2 Å². The lowest BCUT2D eigenvalue weighted by Gasteiger charge is -2.44. The maximum Gasteiger partial charge on any atom is 0.272 e. The molecule has 1 N–H and O–H groups in total. The van der Waals surface area contributed by atoms with Gasteiger partial charge in [0.1, 0.15) is 17.6 Å². The van der Waals surface area contributed by atoms with Crippen molar-refractivity contribution < 1.29 is 14.0 Å². The number of hydrogen-bond donors (Lipinski definition) is 1. The third-order valence-corrected chi connectivity index (χ3v) is 7.18. The Morgan fingerprint density at radius 1 is 1.15 bits per heavy atom. The molecule has 2 aromatic rings. The zero-order valence-corrected chi connectivity index (χ0v) is 19.5. The van der Waals surface area contributed by atoms with E-state index in [-0.39, 0.29) is 28.8 Å². The van der Waals surface area contributed by atoms with Crippen LogP contribution in [-0.4, -0.2) is 70.9 Å². The summed E-state index contributed by atoms with van der Waals surface area (Å²) in [6.07, 6.45) is 6.13. The molecular weight excluding hydrogens is 421 g/mol. The Bertz CT molecular complexity index is 974. The number of likely N-dealkylation sites (N-methyl/N-ethyl adjacent to an activating group) is 1. The summed E-state index contributed by atoms with van der Waals surface area (Å²) >= 11 is 0. The molecule has 0 aliphatic carbocycles. The molecule has 2 amide bonds. The van der Waals surface area contributed by atoms with Crippen LogP contribution in [0.15, 0.2) is 42.9 Å². The van der Waals surface area contributed by atoms with Gasteiger partial charge in [-0.25, -0.2) is 9.37 Å². The average Bonchev–Trinajstić information content (AvgIpc) is 3.13. The quantitative estimate of drug-likeness (QED) is 0.753. The minimum atomic E-state index is -0.618. The average molecular weight is 454 g/mol. The smallest absolute Gasteiger partial charge is 0.272 e. The van der Waals surface area contributed by atoms with Crippen molar-refractivity contribution in [2.24, 2.45) is 11.3 Å². The van der Waals surface area contributed by atoms with Gasteiger partial charge in [0, 0.05) is 44.5 Å². The van der Waals surface area contributed by atoms with Crippen LogP contribution in [0.5, 0.6) is 0 Å². The van der Waals surface area contributed by atoms with E-state index in [0.717, 1.165) is 31.5 Å². The number of amides is 2. The lowest BCUT2D eigenvalue weighted by Crippen LogP contribution is -2.54. The lowest BCUT2D eigenvalue weighted by molar-refractivity contribution is -0.136. The Morgan fingerprint density at radius 2 is 1.85 bits per heavy atom.